The predicted octanol–water partition coefficient (Wildman–Crippen LogP) is 3.83. The van der Waals surface area contributed by atoms with E-state index in [4.69, 9.17) is 4.74 Å². The zero-order valence-corrected chi connectivity index (χ0v) is 16.5. The van der Waals surface area contributed by atoms with Gasteiger partial charge < -0.3 is 9.64 Å². The molecule has 3 aromatic rings. The second-order valence-electron chi connectivity index (χ2n) is 7.30. The van der Waals surface area contributed by atoms with Crippen molar-refractivity contribution in [2.45, 2.75) is 25.7 Å². The Labute approximate surface area is 171 Å². The summed E-state index contributed by atoms with van der Waals surface area (Å²) in [5.74, 6) is -1.78. The molecule has 8 heteroatoms. The topological polar surface area (TPSA) is 64.4 Å². The average molecular weight is 413 g/mol. The zero-order valence-electron chi connectivity index (χ0n) is 16.5. The summed E-state index contributed by atoms with van der Waals surface area (Å²) in [6, 6.07) is 7.44. The molecule has 4 rings (SSSR count). The van der Waals surface area contributed by atoms with Crippen LogP contribution in [0.3, 0.4) is 0 Å². The summed E-state index contributed by atoms with van der Waals surface area (Å²) in [6.45, 7) is 1.35. The van der Waals surface area contributed by atoms with Gasteiger partial charge in [0.2, 0.25) is 5.95 Å². The number of aromatic nitrogens is 2. The number of halogens is 2. The summed E-state index contributed by atoms with van der Waals surface area (Å²) in [6.07, 6.45) is 3.98. The molecule has 1 aromatic heterocycles. The van der Waals surface area contributed by atoms with Crippen molar-refractivity contribution in [3.8, 4) is 5.69 Å². The molecule has 156 valence electrons. The number of rotatable bonds is 3. The minimum absolute atomic E-state index is 0.0724. The van der Waals surface area contributed by atoms with E-state index in [1.807, 2.05) is 4.90 Å². The van der Waals surface area contributed by atoms with Gasteiger partial charge in [-0.3, -0.25) is 4.79 Å². The van der Waals surface area contributed by atoms with E-state index >= 15 is 0 Å². The lowest BCUT2D eigenvalue weighted by Crippen LogP contribution is -2.33. The van der Waals surface area contributed by atoms with E-state index in [0.29, 0.717) is 24.6 Å². The van der Waals surface area contributed by atoms with Gasteiger partial charge in [0.15, 0.2) is 0 Å². The highest BCUT2D eigenvalue weighted by atomic mass is 19.1. The molecule has 0 bridgehead atoms. The Bertz CT molecular complexity index is 1150. The normalized spacial score (nSPS) is 14.6. The Balaban J connectivity index is 1.99. The lowest BCUT2D eigenvalue weighted by Gasteiger charge is -2.25. The van der Waals surface area contributed by atoms with E-state index in [2.05, 4.69) is 4.98 Å². The molecule has 0 spiro atoms. The highest BCUT2D eigenvalue weighted by Crippen LogP contribution is 2.24. The van der Waals surface area contributed by atoms with Gasteiger partial charge in [-0.15, -0.1) is 0 Å². The van der Waals surface area contributed by atoms with Crippen LogP contribution in [0.25, 0.3) is 16.6 Å². The number of methoxy groups -OCH3 is 1. The van der Waals surface area contributed by atoms with Crippen LogP contribution in [0.5, 0.6) is 0 Å². The second-order valence-corrected chi connectivity index (χ2v) is 7.30. The summed E-state index contributed by atoms with van der Waals surface area (Å²) in [5.41, 5.74) is 0.215. The first-order chi connectivity index (χ1) is 14.5. The minimum atomic E-state index is -0.778. The standard InChI is InChI=1S/C22H21F2N3O3/c1-30-21(29)14-6-7-18-19(10-14)25-22(26-8-4-2-3-5-9-26)27(20(18)28)17-12-15(23)11-16(24)13-17/h6-7,10-13H,2-5,8-9H2,1H3. The average Bonchev–Trinajstić information content (AvgIpc) is 3.01. The van der Waals surface area contributed by atoms with Crippen LogP contribution in [0.15, 0.2) is 41.2 Å². The van der Waals surface area contributed by atoms with Crippen LogP contribution in [0.2, 0.25) is 0 Å². The van der Waals surface area contributed by atoms with Crippen molar-refractivity contribution in [2.75, 3.05) is 25.1 Å². The van der Waals surface area contributed by atoms with Crippen LogP contribution in [-0.4, -0.2) is 35.7 Å². The van der Waals surface area contributed by atoms with Gasteiger partial charge in [0, 0.05) is 19.2 Å². The Hall–Kier alpha value is -3.29. The molecule has 0 N–H and O–H groups in total. The van der Waals surface area contributed by atoms with Crippen molar-refractivity contribution in [1.82, 2.24) is 9.55 Å². The summed E-state index contributed by atoms with van der Waals surface area (Å²) >= 11 is 0. The molecule has 0 aliphatic carbocycles. The lowest BCUT2D eigenvalue weighted by molar-refractivity contribution is 0.0601. The molecule has 0 amide bonds. The maximum Gasteiger partial charge on any atom is 0.337 e. The summed E-state index contributed by atoms with van der Waals surface area (Å²) in [5, 5.41) is 0.242. The quantitative estimate of drug-likeness (QED) is 0.611. The molecule has 0 unspecified atom stereocenters. The van der Waals surface area contributed by atoms with Crippen LogP contribution in [0, 0.1) is 11.6 Å². The van der Waals surface area contributed by atoms with Crippen LogP contribution in [-0.2, 0) is 4.74 Å². The third kappa shape index (κ3) is 3.77. The summed E-state index contributed by atoms with van der Waals surface area (Å²) in [4.78, 5) is 31.9. The van der Waals surface area contributed by atoms with Crippen molar-refractivity contribution in [3.63, 3.8) is 0 Å². The summed E-state index contributed by atoms with van der Waals surface area (Å²) in [7, 11) is 1.28. The summed E-state index contributed by atoms with van der Waals surface area (Å²) < 4.78 is 33.9. The number of benzene rings is 2. The number of hydrogen-bond acceptors (Lipinski definition) is 5. The van der Waals surface area contributed by atoms with E-state index < -0.39 is 23.2 Å². The highest BCUT2D eigenvalue weighted by molar-refractivity contribution is 5.94. The monoisotopic (exact) mass is 413 g/mol. The Kier molecular flexibility index (Phi) is 5.48. The van der Waals surface area contributed by atoms with Crippen LogP contribution < -0.4 is 10.5 Å². The SMILES string of the molecule is COC(=O)c1ccc2c(=O)n(-c3cc(F)cc(F)c3)c(N3CCCCCC3)nc2c1. The van der Waals surface area contributed by atoms with Crippen LogP contribution in [0.1, 0.15) is 36.0 Å². The minimum Gasteiger partial charge on any atom is -0.465 e. The fraction of sp³-hybridized carbons (Fsp3) is 0.318. The largest absolute Gasteiger partial charge is 0.465 e. The van der Waals surface area contributed by atoms with Gasteiger partial charge in [-0.05, 0) is 43.2 Å². The number of carbonyl (C=O) groups is 1. The van der Waals surface area contributed by atoms with Crippen molar-refractivity contribution in [3.05, 3.63) is 63.9 Å². The Morgan fingerprint density at radius 3 is 2.30 bits per heavy atom. The van der Waals surface area contributed by atoms with Crippen molar-refractivity contribution in [2.24, 2.45) is 0 Å². The molecule has 1 saturated heterocycles. The molecule has 0 radical (unpaired) electrons. The highest BCUT2D eigenvalue weighted by Gasteiger charge is 2.21. The maximum atomic E-state index is 13.9. The van der Waals surface area contributed by atoms with Crippen molar-refractivity contribution < 1.29 is 18.3 Å². The molecule has 6 nitrogen and oxygen atoms in total. The predicted molar refractivity (Wildman–Crippen MR) is 109 cm³/mol. The van der Waals surface area contributed by atoms with Gasteiger partial charge in [0.05, 0.1) is 29.3 Å². The maximum absolute atomic E-state index is 13.9. The van der Waals surface area contributed by atoms with E-state index in [0.717, 1.165) is 43.9 Å². The van der Waals surface area contributed by atoms with Crippen LogP contribution >= 0.6 is 0 Å². The molecular weight excluding hydrogens is 392 g/mol. The molecule has 0 atom stereocenters. The molecule has 2 aromatic carbocycles. The number of carbonyl (C=O) groups excluding carboxylic acids is 1. The van der Waals surface area contributed by atoms with E-state index in [1.54, 1.807) is 0 Å². The number of anilines is 1. The molecule has 0 saturated carbocycles. The third-order valence-electron chi connectivity index (χ3n) is 5.27. The number of fused-ring (bicyclic) bond motifs is 1. The van der Waals surface area contributed by atoms with Gasteiger partial charge in [0.25, 0.3) is 5.56 Å². The number of esters is 1. The number of hydrogen-bond donors (Lipinski definition) is 0. The fourth-order valence-corrected chi connectivity index (χ4v) is 3.80. The Morgan fingerprint density at radius 1 is 1.00 bits per heavy atom. The van der Waals surface area contributed by atoms with Gasteiger partial charge >= 0.3 is 5.97 Å². The molecule has 30 heavy (non-hydrogen) atoms. The van der Waals surface area contributed by atoms with Crippen LogP contribution in [0.4, 0.5) is 14.7 Å². The molecule has 1 fully saturated rings. The molecule has 1 aliphatic rings. The smallest absolute Gasteiger partial charge is 0.337 e. The number of nitrogens with zero attached hydrogens (tertiary/aromatic N) is 3. The molecular formula is C22H21F2N3O3. The van der Waals surface area contributed by atoms with Gasteiger partial charge in [-0.2, -0.15) is 0 Å². The molecule has 2 heterocycles. The van der Waals surface area contributed by atoms with E-state index in [1.165, 1.54) is 29.9 Å². The third-order valence-corrected chi connectivity index (χ3v) is 5.27. The van der Waals surface area contributed by atoms with Crippen molar-refractivity contribution in [1.29, 1.82) is 0 Å². The lowest BCUT2D eigenvalue weighted by atomic mass is 10.1. The Morgan fingerprint density at radius 2 is 1.67 bits per heavy atom. The van der Waals surface area contributed by atoms with E-state index in [-0.39, 0.29) is 16.6 Å². The van der Waals surface area contributed by atoms with Crippen molar-refractivity contribution >= 4 is 22.8 Å². The fourth-order valence-electron chi connectivity index (χ4n) is 3.80. The van der Waals surface area contributed by atoms with Gasteiger partial charge in [-0.25, -0.2) is 23.1 Å². The van der Waals surface area contributed by atoms with Gasteiger partial charge in [-0.1, -0.05) is 12.8 Å². The molecule has 1 aliphatic heterocycles. The first-order valence-electron chi connectivity index (χ1n) is 9.84. The first-order valence-corrected chi connectivity index (χ1v) is 9.84. The zero-order chi connectivity index (χ0) is 21.3. The first kappa shape index (κ1) is 20.0. The second kappa shape index (κ2) is 8.22. The van der Waals surface area contributed by atoms with Gasteiger partial charge in [0.1, 0.15) is 11.6 Å². The van der Waals surface area contributed by atoms with E-state index in [9.17, 15) is 18.4 Å². The number of ether oxygens (including phenoxy) is 1.